The van der Waals surface area contributed by atoms with Crippen LogP contribution in [0.15, 0.2) is 82.1 Å². The summed E-state index contributed by atoms with van der Waals surface area (Å²) >= 11 is 1.25. The highest BCUT2D eigenvalue weighted by molar-refractivity contribution is 7.07. The van der Waals surface area contributed by atoms with Gasteiger partial charge in [0, 0.05) is 5.56 Å². The van der Waals surface area contributed by atoms with Crippen LogP contribution in [0.4, 0.5) is 0 Å². The number of esters is 1. The second-order valence-electron chi connectivity index (χ2n) is 9.16. The van der Waals surface area contributed by atoms with Gasteiger partial charge < -0.3 is 23.7 Å². The molecule has 0 amide bonds. The molecule has 0 radical (unpaired) electrons. The van der Waals surface area contributed by atoms with E-state index in [-0.39, 0.29) is 31.3 Å². The molecule has 1 unspecified atom stereocenters. The summed E-state index contributed by atoms with van der Waals surface area (Å²) in [6.45, 7) is 2.19. The van der Waals surface area contributed by atoms with Gasteiger partial charge in [0.15, 0.2) is 27.8 Å². The van der Waals surface area contributed by atoms with Crippen molar-refractivity contribution in [3.8, 4) is 23.0 Å². The van der Waals surface area contributed by atoms with Crippen molar-refractivity contribution in [3.63, 3.8) is 0 Å². The summed E-state index contributed by atoms with van der Waals surface area (Å²) < 4.78 is 29.6. The fourth-order valence-electron chi connectivity index (χ4n) is 4.99. The Morgan fingerprint density at radius 1 is 0.975 bits per heavy atom. The monoisotopic (exact) mass is 554 g/mol. The molecule has 3 aromatic carbocycles. The van der Waals surface area contributed by atoms with Gasteiger partial charge in [-0.25, -0.2) is 9.79 Å². The number of thiazole rings is 1. The molecule has 1 atom stereocenters. The smallest absolute Gasteiger partial charge is 0.338 e. The molecule has 0 saturated heterocycles. The standard InChI is InChI=1S/C30H22N2O7S/c1-2-35-29(34)25-26(18-6-4-3-5-7-18)31-30-32(27(25)19-9-11-21-23(14-19)39-16-37-21)28(33)24(40-30)13-17-8-10-20-22(12-17)38-15-36-20/h3-14,27H,2,15-16H2,1H3/b24-13-. The first-order valence-corrected chi connectivity index (χ1v) is 13.5. The summed E-state index contributed by atoms with van der Waals surface area (Å²) in [5.74, 6) is 1.88. The molecule has 3 aliphatic heterocycles. The van der Waals surface area contributed by atoms with Crippen LogP contribution in [0.1, 0.15) is 29.7 Å². The van der Waals surface area contributed by atoms with Gasteiger partial charge in [0.25, 0.3) is 5.56 Å². The number of rotatable bonds is 5. The molecule has 0 aliphatic carbocycles. The first-order valence-electron chi connectivity index (χ1n) is 12.7. The lowest BCUT2D eigenvalue weighted by molar-refractivity contribution is -0.138. The number of carbonyl (C=O) groups is 1. The SMILES string of the molecule is CCOC(=O)C1=C(c2ccccc2)N=c2s/c(=C\c3ccc4c(c3)OCO4)c(=O)n2C1c1ccc2c(c1)OCO2. The number of fused-ring (bicyclic) bond motifs is 3. The van der Waals surface area contributed by atoms with Crippen LogP contribution < -0.4 is 33.8 Å². The van der Waals surface area contributed by atoms with Gasteiger partial charge in [0.2, 0.25) is 13.6 Å². The van der Waals surface area contributed by atoms with Crippen molar-refractivity contribution in [3.05, 3.63) is 109 Å². The first-order chi connectivity index (χ1) is 19.6. The maximum atomic E-state index is 14.0. The van der Waals surface area contributed by atoms with E-state index in [1.54, 1.807) is 29.7 Å². The highest BCUT2D eigenvalue weighted by Gasteiger charge is 2.36. The van der Waals surface area contributed by atoms with Crippen molar-refractivity contribution in [1.82, 2.24) is 4.57 Å². The molecule has 10 heteroatoms. The summed E-state index contributed by atoms with van der Waals surface area (Å²) in [5, 5.41) is 0. The maximum absolute atomic E-state index is 14.0. The average Bonchev–Trinajstić information content (AvgIpc) is 3.71. The predicted molar refractivity (Wildman–Crippen MR) is 146 cm³/mol. The number of carbonyl (C=O) groups excluding carboxylic acids is 1. The van der Waals surface area contributed by atoms with E-state index < -0.39 is 12.0 Å². The van der Waals surface area contributed by atoms with Gasteiger partial charge in [-0.3, -0.25) is 9.36 Å². The second-order valence-corrected chi connectivity index (χ2v) is 10.2. The molecule has 3 aliphatic rings. The molecular weight excluding hydrogens is 532 g/mol. The van der Waals surface area contributed by atoms with E-state index in [1.807, 2.05) is 54.6 Å². The zero-order chi connectivity index (χ0) is 27.2. The van der Waals surface area contributed by atoms with Gasteiger partial charge >= 0.3 is 5.97 Å². The number of hydrogen-bond donors (Lipinski definition) is 0. The van der Waals surface area contributed by atoms with Crippen LogP contribution >= 0.6 is 11.3 Å². The third-order valence-electron chi connectivity index (χ3n) is 6.78. The molecule has 0 saturated carbocycles. The Morgan fingerprint density at radius 2 is 1.68 bits per heavy atom. The van der Waals surface area contributed by atoms with Crippen LogP contribution in [0.2, 0.25) is 0 Å². The van der Waals surface area contributed by atoms with Crippen LogP contribution in [0.5, 0.6) is 23.0 Å². The predicted octanol–water partition coefficient (Wildman–Crippen LogP) is 3.39. The fourth-order valence-corrected chi connectivity index (χ4v) is 5.99. The molecule has 0 bridgehead atoms. The zero-order valence-corrected chi connectivity index (χ0v) is 22.1. The summed E-state index contributed by atoms with van der Waals surface area (Å²) in [6.07, 6.45) is 1.79. The van der Waals surface area contributed by atoms with Crippen molar-refractivity contribution < 1.29 is 28.5 Å². The Hall–Kier alpha value is -4.83. The summed E-state index contributed by atoms with van der Waals surface area (Å²) in [6, 6.07) is 19.5. The fraction of sp³-hybridized carbons (Fsp3) is 0.167. The van der Waals surface area contributed by atoms with Crippen LogP contribution in [-0.4, -0.2) is 30.7 Å². The second kappa shape index (κ2) is 9.73. The van der Waals surface area contributed by atoms with E-state index in [2.05, 4.69) is 0 Å². The molecule has 9 nitrogen and oxygen atoms in total. The number of benzene rings is 3. The number of ether oxygens (including phenoxy) is 5. The van der Waals surface area contributed by atoms with Gasteiger partial charge in [-0.2, -0.15) is 0 Å². The van der Waals surface area contributed by atoms with E-state index >= 15 is 0 Å². The van der Waals surface area contributed by atoms with Crippen molar-refractivity contribution >= 4 is 29.1 Å². The van der Waals surface area contributed by atoms with Crippen LogP contribution in [0.25, 0.3) is 11.8 Å². The molecule has 0 N–H and O–H groups in total. The third-order valence-corrected chi connectivity index (χ3v) is 7.76. The van der Waals surface area contributed by atoms with E-state index in [4.69, 9.17) is 28.7 Å². The number of nitrogens with zero attached hydrogens (tertiary/aromatic N) is 2. The molecule has 1 aromatic heterocycles. The van der Waals surface area contributed by atoms with Crippen molar-refractivity contribution in [1.29, 1.82) is 0 Å². The van der Waals surface area contributed by atoms with E-state index in [1.165, 1.54) is 11.3 Å². The topological polar surface area (TPSA) is 97.6 Å². The Balaban J connectivity index is 1.48. The highest BCUT2D eigenvalue weighted by Crippen LogP contribution is 2.40. The largest absolute Gasteiger partial charge is 0.463 e. The van der Waals surface area contributed by atoms with E-state index in [0.29, 0.717) is 43.6 Å². The zero-order valence-electron chi connectivity index (χ0n) is 21.3. The van der Waals surface area contributed by atoms with Crippen molar-refractivity contribution in [2.24, 2.45) is 4.99 Å². The van der Waals surface area contributed by atoms with Crippen LogP contribution in [0.3, 0.4) is 0 Å². The summed E-state index contributed by atoms with van der Waals surface area (Å²) in [5.41, 5.74) is 2.64. The minimum Gasteiger partial charge on any atom is -0.463 e. The first kappa shape index (κ1) is 24.2. The minimum atomic E-state index is -0.807. The average molecular weight is 555 g/mol. The Morgan fingerprint density at radius 3 is 2.42 bits per heavy atom. The molecule has 7 rings (SSSR count). The summed E-state index contributed by atoms with van der Waals surface area (Å²) in [4.78, 5) is 33.0. The molecule has 40 heavy (non-hydrogen) atoms. The van der Waals surface area contributed by atoms with Gasteiger partial charge in [0.05, 0.1) is 28.5 Å². The highest BCUT2D eigenvalue weighted by atomic mass is 32.1. The molecule has 200 valence electrons. The Bertz CT molecular complexity index is 1870. The summed E-state index contributed by atoms with van der Waals surface area (Å²) in [7, 11) is 0. The number of hydrogen-bond acceptors (Lipinski definition) is 9. The molecule has 0 spiro atoms. The normalized spacial score (nSPS) is 17.0. The van der Waals surface area contributed by atoms with Crippen LogP contribution in [-0.2, 0) is 9.53 Å². The quantitative estimate of drug-likeness (QED) is 0.349. The van der Waals surface area contributed by atoms with Crippen molar-refractivity contribution in [2.75, 3.05) is 20.2 Å². The minimum absolute atomic E-state index is 0.104. The lowest BCUT2D eigenvalue weighted by Gasteiger charge is -2.26. The lowest BCUT2D eigenvalue weighted by Crippen LogP contribution is -2.40. The molecule has 0 fully saturated rings. The van der Waals surface area contributed by atoms with Gasteiger partial charge in [-0.1, -0.05) is 53.8 Å². The number of aromatic nitrogens is 1. The lowest BCUT2D eigenvalue weighted by atomic mass is 9.93. The van der Waals surface area contributed by atoms with Crippen molar-refractivity contribution in [2.45, 2.75) is 13.0 Å². The van der Waals surface area contributed by atoms with E-state index in [9.17, 15) is 9.59 Å². The maximum Gasteiger partial charge on any atom is 0.338 e. The Kier molecular flexibility index (Phi) is 5.89. The van der Waals surface area contributed by atoms with Gasteiger partial charge in [-0.15, -0.1) is 0 Å². The van der Waals surface area contributed by atoms with E-state index in [0.717, 1.165) is 11.1 Å². The molecular formula is C30H22N2O7S. The van der Waals surface area contributed by atoms with Crippen LogP contribution in [0, 0.1) is 0 Å². The van der Waals surface area contributed by atoms with Gasteiger partial charge in [0.1, 0.15) is 0 Å². The molecule has 4 heterocycles. The van der Waals surface area contributed by atoms with Gasteiger partial charge in [-0.05, 0) is 48.4 Å². The third kappa shape index (κ3) is 4.04. The molecule has 4 aromatic rings. The Labute approximate surface area is 231 Å².